The molecular weight excluding hydrogens is 525 g/mol. The molecule has 0 bridgehead atoms. The summed E-state index contributed by atoms with van der Waals surface area (Å²) in [5, 5.41) is 3.17. The predicted molar refractivity (Wildman–Crippen MR) is 132 cm³/mol. The predicted octanol–water partition coefficient (Wildman–Crippen LogP) is 1.90. The molecule has 2 heterocycles. The molecule has 1 N–H and O–H groups in total. The standard InChI is InChI=1S/C22H29N5O4.HI/c1-25(2)20(28)16-24-22(23-15-17-6-8-18(30-3)9-7-17)27-12-10-26(11-13-27)21(29)19-5-4-14-31-19;/h4-9,14H,10-13,15-16H2,1-3H3,(H,23,24);1H. The van der Waals surface area contributed by atoms with Gasteiger partial charge >= 0.3 is 0 Å². The summed E-state index contributed by atoms with van der Waals surface area (Å²) in [6.45, 7) is 2.93. The molecule has 1 aliphatic rings. The molecular formula is C22H30IN5O4. The first-order valence-corrected chi connectivity index (χ1v) is 10.2. The van der Waals surface area contributed by atoms with Gasteiger partial charge in [0, 0.05) is 40.3 Å². The van der Waals surface area contributed by atoms with E-state index in [4.69, 9.17) is 14.1 Å². The van der Waals surface area contributed by atoms with Gasteiger partial charge in [0.15, 0.2) is 11.7 Å². The third-order valence-electron chi connectivity index (χ3n) is 5.07. The number of nitrogens with zero attached hydrogens (tertiary/aromatic N) is 4. The number of nitrogens with one attached hydrogen (secondary N) is 1. The lowest BCUT2D eigenvalue weighted by atomic mass is 10.2. The van der Waals surface area contributed by atoms with E-state index >= 15 is 0 Å². The van der Waals surface area contributed by atoms with Gasteiger partial charge < -0.3 is 29.2 Å². The Morgan fingerprint density at radius 1 is 1.09 bits per heavy atom. The van der Waals surface area contributed by atoms with E-state index in [0.29, 0.717) is 44.4 Å². The summed E-state index contributed by atoms with van der Waals surface area (Å²) in [6, 6.07) is 11.1. The zero-order valence-corrected chi connectivity index (χ0v) is 20.9. The number of piperazine rings is 1. The Hall–Kier alpha value is -2.76. The highest BCUT2D eigenvalue weighted by Crippen LogP contribution is 2.13. The van der Waals surface area contributed by atoms with E-state index in [1.165, 1.54) is 11.2 Å². The molecule has 0 radical (unpaired) electrons. The summed E-state index contributed by atoms with van der Waals surface area (Å²) < 4.78 is 10.4. The molecule has 1 saturated heterocycles. The molecule has 2 amide bonds. The summed E-state index contributed by atoms with van der Waals surface area (Å²) in [7, 11) is 5.07. The smallest absolute Gasteiger partial charge is 0.289 e. The summed E-state index contributed by atoms with van der Waals surface area (Å²) in [4.78, 5) is 34.6. The monoisotopic (exact) mass is 555 g/mol. The number of likely N-dealkylation sites (N-methyl/N-ethyl adjacent to an activating group) is 1. The van der Waals surface area contributed by atoms with Crippen LogP contribution < -0.4 is 10.1 Å². The molecule has 0 spiro atoms. The highest BCUT2D eigenvalue weighted by Gasteiger charge is 2.25. The van der Waals surface area contributed by atoms with E-state index in [1.54, 1.807) is 38.2 Å². The Bertz CT molecular complexity index is 892. The van der Waals surface area contributed by atoms with Gasteiger partial charge in [-0.2, -0.15) is 0 Å². The van der Waals surface area contributed by atoms with Crippen LogP contribution in [0.3, 0.4) is 0 Å². The zero-order chi connectivity index (χ0) is 22.2. The van der Waals surface area contributed by atoms with Crippen molar-refractivity contribution in [3.8, 4) is 5.75 Å². The van der Waals surface area contributed by atoms with Crippen molar-refractivity contribution in [2.24, 2.45) is 4.99 Å². The van der Waals surface area contributed by atoms with Crippen molar-refractivity contribution in [1.29, 1.82) is 0 Å². The molecule has 1 aromatic heterocycles. The quantitative estimate of drug-likeness (QED) is 0.333. The lowest BCUT2D eigenvalue weighted by Gasteiger charge is -2.36. The van der Waals surface area contributed by atoms with Gasteiger partial charge in [0.05, 0.1) is 26.5 Å². The highest BCUT2D eigenvalue weighted by atomic mass is 127. The molecule has 3 rings (SSSR count). The number of amides is 2. The van der Waals surface area contributed by atoms with Crippen LogP contribution in [-0.2, 0) is 11.3 Å². The normalized spacial score (nSPS) is 13.9. The molecule has 9 nitrogen and oxygen atoms in total. The molecule has 10 heteroatoms. The minimum absolute atomic E-state index is 0. The maximum atomic E-state index is 12.5. The summed E-state index contributed by atoms with van der Waals surface area (Å²) in [5.74, 6) is 1.63. The van der Waals surface area contributed by atoms with E-state index in [0.717, 1.165) is 11.3 Å². The van der Waals surface area contributed by atoms with Gasteiger partial charge in [0.25, 0.3) is 5.91 Å². The minimum Gasteiger partial charge on any atom is -0.497 e. The highest BCUT2D eigenvalue weighted by molar-refractivity contribution is 14.0. The van der Waals surface area contributed by atoms with Crippen molar-refractivity contribution in [1.82, 2.24) is 20.0 Å². The van der Waals surface area contributed by atoms with Crippen LogP contribution in [-0.4, -0.2) is 86.4 Å². The Balaban J connectivity index is 0.00000363. The van der Waals surface area contributed by atoms with Gasteiger partial charge in [-0.25, -0.2) is 4.99 Å². The Morgan fingerprint density at radius 3 is 2.31 bits per heavy atom. The Morgan fingerprint density at radius 2 is 1.75 bits per heavy atom. The average molecular weight is 555 g/mol. The van der Waals surface area contributed by atoms with E-state index in [9.17, 15) is 9.59 Å². The topological polar surface area (TPSA) is 90.6 Å². The first-order valence-electron chi connectivity index (χ1n) is 10.2. The Labute approximate surface area is 205 Å². The molecule has 32 heavy (non-hydrogen) atoms. The van der Waals surface area contributed by atoms with Gasteiger partial charge in [0.1, 0.15) is 5.75 Å². The van der Waals surface area contributed by atoms with Crippen molar-refractivity contribution in [3.05, 3.63) is 54.0 Å². The molecule has 0 unspecified atom stereocenters. The van der Waals surface area contributed by atoms with Gasteiger partial charge in [0.2, 0.25) is 5.91 Å². The van der Waals surface area contributed by atoms with Crippen molar-refractivity contribution in [2.45, 2.75) is 6.54 Å². The number of methoxy groups -OCH3 is 1. The molecule has 174 valence electrons. The lowest BCUT2D eigenvalue weighted by Crippen LogP contribution is -2.54. The first kappa shape index (κ1) is 25.5. The molecule has 0 saturated carbocycles. The lowest BCUT2D eigenvalue weighted by molar-refractivity contribution is -0.127. The number of hydrogen-bond donors (Lipinski definition) is 1. The molecule has 1 fully saturated rings. The van der Waals surface area contributed by atoms with Crippen LogP contribution in [0.5, 0.6) is 5.75 Å². The zero-order valence-electron chi connectivity index (χ0n) is 18.6. The van der Waals surface area contributed by atoms with Crippen LogP contribution >= 0.6 is 24.0 Å². The number of aliphatic imine (C=N–C) groups is 1. The third kappa shape index (κ3) is 6.87. The minimum atomic E-state index is -0.114. The van der Waals surface area contributed by atoms with Crippen LogP contribution in [0, 0.1) is 0 Å². The Kier molecular flexibility index (Phi) is 9.82. The number of carbonyl (C=O) groups excluding carboxylic acids is 2. The molecule has 0 atom stereocenters. The van der Waals surface area contributed by atoms with Gasteiger partial charge in [-0.15, -0.1) is 24.0 Å². The summed E-state index contributed by atoms with van der Waals surface area (Å²) >= 11 is 0. The van der Waals surface area contributed by atoms with Gasteiger partial charge in [-0.3, -0.25) is 9.59 Å². The second-order valence-electron chi connectivity index (χ2n) is 7.39. The van der Waals surface area contributed by atoms with Gasteiger partial charge in [-0.05, 0) is 29.8 Å². The van der Waals surface area contributed by atoms with E-state index in [1.807, 2.05) is 24.3 Å². The number of benzene rings is 1. The average Bonchev–Trinajstić information content (AvgIpc) is 3.34. The van der Waals surface area contributed by atoms with Crippen LogP contribution in [0.25, 0.3) is 0 Å². The van der Waals surface area contributed by atoms with Crippen LogP contribution in [0.1, 0.15) is 16.1 Å². The number of furan rings is 1. The van der Waals surface area contributed by atoms with Crippen molar-refractivity contribution in [2.75, 3.05) is 53.9 Å². The number of ether oxygens (including phenoxy) is 1. The number of halogens is 1. The molecule has 1 aromatic carbocycles. The third-order valence-corrected chi connectivity index (χ3v) is 5.07. The fourth-order valence-electron chi connectivity index (χ4n) is 3.16. The van der Waals surface area contributed by atoms with Crippen molar-refractivity contribution >= 4 is 41.8 Å². The number of guanidine groups is 1. The number of hydrogen-bond acceptors (Lipinski definition) is 5. The summed E-state index contributed by atoms with van der Waals surface area (Å²) in [6.07, 6.45) is 1.50. The second kappa shape index (κ2) is 12.3. The first-order chi connectivity index (χ1) is 15.0. The van der Waals surface area contributed by atoms with Crippen molar-refractivity contribution in [3.63, 3.8) is 0 Å². The van der Waals surface area contributed by atoms with Gasteiger partial charge in [-0.1, -0.05) is 12.1 Å². The number of rotatable bonds is 6. The fraction of sp³-hybridized carbons (Fsp3) is 0.409. The summed E-state index contributed by atoms with van der Waals surface area (Å²) in [5.41, 5.74) is 1.03. The molecule has 1 aliphatic heterocycles. The maximum Gasteiger partial charge on any atom is 0.289 e. The molecule has 2 aromatic rings. The molecule has 0 aliphatic carbocycles. The number of carbonyl (C=O) groups is 2. The van der Waals surface area contributed by atoms with E-state index < -0.39 is 0 Å². The fourth-order valence-corrected chi connectivity index (χ4v) is 3.16. The maximum absolute atomic E-state index is 12.5. The SMILES string of the molecule is COc1ccc(CN=C(NCC(=O)N(C)C)N2CCN(C(=O)c3ccco3)CC2)cc1.I. The van der Waals surface area contributed by atoms with Crippen LogP contribution in [0.4, 0.5) is 0 Å². The largest absolute Gasteiger partial charge is 0.497 e. The van der Waals surface area contributed by atoms with Crippen LogP contribution in [0.15, 0.2) is 52.1 Å². The van der Waals surface area contributed by atoms with E-state index in [2.05, 4.69) is 10.2 Å². The second-order valence-corrected chi connectivity index (χ2v) is 7.39. The van der Waals surface area contributed by atoms with E-state index in [-0.39, 0.29) is 42.3 Å². The van der Waals surface area contributed by atoms with Crippen LogP contribution in [0.2, 0.25) is 0 Å². The van der Waals surface area contributed by atoms with Crippen molar-refractivity contribution < 1.29 is 18.7 Å².